The van der Waals surface area contributed by atoms with E-state index in [1.165, 1.54) is 11.1 Å². The van der Waals surface area contributed by atoms with Crippen molar-refractivity contribution in [2.75, 3.05) is 0 Å². The van der Waals surface area contributed by atoms with Crippen molar-refractivity contribution in [2.45, 2.75) is 47.5 Å². The lowest BCUT2D eigenvalue weighted by Gasteiger charge is -2.17. The molecule has 1 unspecified atom stereocenters. The Morgan fingerprint density at radius 1 is 1.12 bits per heavy atom. The first-order valence-corrected chi connectivity index (χ1v) is 6.67. The number of benzene rings is 1. The fourth-order valence-electron chi connectivity index (χ4n) is 1.93. The largest absolute Gasteiger partial charge is 0.294 e. The normalized spacial score (nSPS) is 12.8. The van der Waals surface area contributed by atoms with E-state index in [4.69, 9.17) is 0 Å². The van der Waals surface area contributed by atoms with Crippen LogP contribution in [0.1, 0.15) is 56.1 Å². The third kappa shape index (κ3) is 3.18. The molecular formula is C16H24O. The summed E-state index contributed by atoms with van der Waals surface area (Å²) < 4.78 is 0. The Kier molecular flexibility index (Phi) is 4.92. The minimum Gasteiger partial charge on any atom is -0.294 e. The minimum atomic E-state index is 0.104. The van der Waals surface area contributed by atoms with E-state index in [0.717, 1.165) is 18.4 Å². The SMILES string of the molecule is CCc1ccc(CC)c(C(=O)C(C)C(C)C)c1. The molecule has 1 heteroatoms. The first-order valence-electron chi connectivity index (χ1n) is 6.67. The van der Waals surface area contributed by atoms with Gasteiger partial charge in [0, 0.05) is 11.5 Å². The molecule has 1 atom stereocenters. The van der Waals surface area contributed by atoms with Crippen LogP contribution in [0.15, 0.2) is 18.2 Å². The van der Waals surface area contributed by atoms with E-state index in [1.54, 1.807) is 0 Å². The van der Waals surface area contributed by atoms with Gasteiger partial charge >= 0.3 is 0 Å². The number of rotatable bonds is 5. The Labute approximate surface area is 105 Å². The average Bonchev–Trinajstić information content (AvgIpc) is 2.35. The third-order valence-corrected chi connectivity index (χ3v) is 3.64. The summed E-state index contributed by atoms with van der Waals surface area (Å²) in [5, 5.41) is 0. The summed E-state index contributed by atoms with van der Waals surface area (Å²) in [7, 11) is 0. The van der Waals surface area contributed by atoms with Crippen LogP contribution >= 0.6 is 0 Å². The van der Waals surface area contributed by atoms with Gasteiger partial charge in [0.2, 0.25) is 0 Å². The highest BCUT2D eigenvalue weighted by Gasteiger charge is 2.20. The first-order chi connectivity index (χ1) is 8.01. The van der Waals surface area contributed by atoms with Gasteiger partial charge in [-0.25, -0.2) is 0 Å². The zero-order valence-electron chi connectivity index (χ0n) is 11.7. The second kappa shape index (κ2) is 6.00. The summed E-state index contributed by atoms with van der Waals surface area (Å²) in [4.78, 5) is 12.4. The maximum atomic E-state index is 12.4. The highest BCUT2D eigenvalue weighted by molar-refractivity contribution is 5.99. The highest BCUT2D eigenvalue weighted by atomic mass is 16.1. The predicted molar refractivity (Wildman–Crippen MR) is 73.5 cm³/mol. The summed E-state index contributed by atoms with van der Waals surface area (Å²) in [6.07, 6.45) is 1.91. The molecule has 0 saturated carbocycles. The number of hydrogen-bond acceptors (Lipinski definition) is 1. The quantitative estimate of drug-likeness (QED) is 0.692. The van der Waals surface area contributed by atoms with Gasteiger partial charge < -0.3 is 0 Å². The molecule has 0 aliphatic carbocycles. The van der Waals surface area contributed by atoms with Crippen LogP contribution in [0, 0.1) is 11.8 Å². The molecule has 0 spiro atoms. The molecule has 1 nitrogen and oxygen atoms in total. The van der Waals surface area contributed by atoms with Gasteiger partial charge in [-0.05, 0) is 36.0 Å². The molecular weight excluding hydrogens is 208 g/mol. The van der Waals surface area contributed by atoms with Gasteiger partial charge in [-0.1, -0.05) is 46.8 Å². The molecule has 0 aliphatic rings. The van der Waals surface area contributed by atoms with Gasteiger partial charge in [0.15, 0.2) is 5.78 Å². The van der Waals surface area contributed by atoms with Gasteiger partial charge in [-0.3, -0.25) is 4.79 Å². The Morgan fingerprint density at radius 3 is 2.24 bits per heavy atom. The van der Waals surface area contributed by atoms with Gasteiger partial charge in [-0.2, -0.15) is 0 Å². The van der Waals surface area contributed by atoms with Crippen molar-refractivity contribution >= 4 is 5.78 Å². The fourth-order valence-corrected chi connectivity index (χ4v) is 1.93. The van der Waals surface area contributed by atoms with Crippen LogP contribution in [0.5, 0.6) is 0 Å². The van der Waals surface area contributed by atoms with Crippen LogP contribution < -0.4 is 0 Å². The summed E-state index contributed by atoms with van der Waals surface area (Å²) in [5.41, 5.74) is 3.37. The smallest absolute Gasteiger partial charge is 0.166 e. The predicted octanol–water partition coefficient (Wildman–Crippen LogP) is 4.29. The van der Waals surface area contributed by atoms with Gasteiger partial charge in [0.05, 0.1) is 0 Å². The van der Waals surface area contributed by atoms with Crippen LogP contribution in [-0.4, -0.2) is 5.78 Å². The van der Waals surface area contributed by atoms with Crippen LogP contribution in [0.3, 0.4) is 0 Å². The molecule has 0 aromatic heterocycles. The molecule has 0 amide bonds. The summed E-state index contributed by atoms with van der Waals surface area (Å²) >= 11 is 0. The van der Waals surface area contributed by atoms with Crippen molar-refractivity contribution in [2.24, 2.45) is 11.8 Å². The second-order valence-corrected chi connectivity index (χ2v) is 5.10. The van der Waals surface area contributed by atoms with E-state index >= 15 is 0 Å². The molecule has 0 aliphatic heterocycles. The topological polar surface area (TPSA) is 17.1 Å². The van der Waals surface area contributed by atoms with Crippen molar-refractivity contribution < 1.29 is 4.79 Å². The third-order valence-electron chi connectivity index (χ3n) is 3.64. The fraction of sp³-hybridized carbons (Fsp3) is 0.562. The van der Waals surface area contributed by atoms with Crippen LogP contribution in [-0.2, 0) is 12.8 Å². The molecule has 94 valence electrons. The number of aryl methyl sites for hydroxylation is 2. The minimum absolute atomic E-state index is 0.104. The lowest BCUT2D eigenvalue weighted by molar-refractivity contribution is 0.0898. The molecule has 0 fully saturated rings. The van der Waals surface area contributed by atoms with Crippen LogP contribution in [0.4, 0.5) is 0 Å². The number of carbonyl (C=O) groups is 1. The van der Waals surface area contributed by atoms with Crippen molar-refractivity contribution in [1.82, 2.24) is 0 Å². The number of hydrogen-bond donors (Lipinski definition) is 0. The van der Waals surface area contributed by atoms with Crippen molar-refractivity contribution in [3.8, 4) is 0 Å². The van der Waals surface area contributed by atoms with E-state index in [9.17, 15) is 4.79 Å². The van der Waals surface area contributed by atoms with E-state index < -0.39 is 0 Å². The lowest BCUT2D eigenvalue weighted by Crippen LogP contribution is -2.18. The Morgan fingerprint density at radius 2 is 1.76 bits per heavy atom. The zero-order valence-corrected chi connectivity index (χ0v) is 11.7. The van der Waals surface area contributed by atoms with Gasteiger partial charge in [0.1, 0.15) is 0 Å². The van der Waals surface area contributed by atoms with Crippen molar-refractivity contribution in [1.29, 1.82) is 0 Å². The highest BCUT2D eigenvalue weighted by Crippen LogP contribution is 2.21. The summed E-state index contributed by atoms with van der Waals surface area (Å²) in [6, 6.07) is 6.33. The molecule has 1 rings (SSSR count). The average molecular weight is 232 g/mol. The van der Waals surface area contributed by atoms with Crippen LogP contribution in [0.2, 0.25) is 0 Å². The molecule has 0 heterocycles. The zero-order chi connectivity index (χ0) is 13.0. The summed E-state index contributed by atoms with van der Waals surface area (Å²) in [6.45, 7) is 10.5. The maximum Gasteiger partial charge on any atom is 0.166 e. The van der Waals surface area contributed by atoms with E-state index in [1.807, 2.05) is 6.92 Å². The Bertz CT molecular complexity index is 391. The van der Waals surface area contributed by atoms with Gasteiger partial charge in [-0.15, -0.1) is 0 Å². The molecule has 0 N–H and O–H groups in total. The van der Waals surface area contributed by atoms with Crippen LogP contribution in [0.25, 0.3) is 0 Å². The van der Waals surface area contributed by atoms with E-state index in [-0.39, 0.29) is 5.92 Å². The number of ketones is 1. The maximum absolute atomic E-state index is 12.4. The molecule has 1 aromatic rings. The molecule has 0 bridgehead atoms. The standard InChI is InChI=1S/C16H24O/c1-6-13-8-9-14(7-2)15(10-13)16(17)12(5)11(3)4/h8-12H,6-7H2,1-5H3. The summed E-state index contributed by atoms with van der Waals surface area (Å²) in [5.74, 6) is 0.803. The molecule has 0 saturated heterocycles. The van der Waals surface area contributed by atoms with Gasteiger partial charge in [0.25, 0.3) is 0 Å². The number of carbonyl (C=O) groups excluding carboxylic acids is 1. The molecule has 17 heavy (non-hydrogen) atoms. The first kappa shape index (κ1) is 14.0. The number of Topliss-reactive ketones (excluding diaryl/α,β-unsaturated/α-hetero) is 1. The van der Waals surface area contributed by atoms with E-state index in [2.05, 4.69) is 45.9 Å². The monoisotopic (exact) mass is 232 g/mol. The van der Waals surface area contributed by atoms with Crippen molar-refractivity contribution in [3.63, 3.8) is 0 Å². The molecule has 1 aromatic carbocycles. The Balaban J connectivity index is 3.14. The van der Waals surface area contributed by atoms with E-state index in [0.29, 0.717) is 11.7 Å². The Hall–Kier alpha value is -1.11. The second-order valence-electron chi connectivity index (χ2n) is 5.10. The van der Waals surface area contributed by atoms with Crippen molar-refractivity contribution in [3.05, 3.63) is 34.9 Å². The lowest BCUT2D eigenvalue weighted by atomic mass is 9.86. The molecule has 0 radical (unpaired) electrons.